The molecule has 0 aliphatic heterocycles. The summed E-state index contributed by atoms with van der Waals surface area (Å²) >= 11 is 0. The summed E-state index contributed by atoms with van der Waals surface area (Å²) in [6, 6.07) is 2.40. The summed E-state index contributed by atoms with van der Waals surface area (Å²) in [5, 5.41) is 8.91. The normalized spacial score (nSPS) is 55.7. The van der Waals surface area contributed by atoms with Crippen LogP contribution in [0, 0.1) is 46.8 Å². The molecule has 0 spiro atoms. The van der Waals surface area contributed by atoms with Gasteiger partial charge in [-0.3, -0.25) is 4.79 Å². The maximum Gasteiger partial charge on any atom is 0.133 e. The third-order valence-corrected chi connectivity index (χ3v) is 4.46. The van der Waals surface area contributed by atoms with Crippen LogP contribution in [0.5, 0.6) is 0 Å². The number of nitrogens with zero attached hydrogens (tertiary/aromatic N) is 1. The van der Waals surface area contributed by atoms with Crippen molar-refractivity contribution in [2.24, 2.45) is 35.5 Å². The van der Waals surface area contributed by atoms with Crippen molar-refractivity contribution >= 4 is 5.78 Å². The van der Waals surface area contributed by atoms with E-state index in [9.17, 15) is 4.79 Å². The van der Waals surface area contributed by atoms with Crippen LogP contribution in [0.25, 0.3) is 0 Å². The van der Waals surface area contributed by atoms with Crippen LogP contribution in [0.4, 0.5) is 0 Å². The zero-order valence-electron chi connectivity index (χ0n) is 7.73. The average Bonchev–Trinajstić information content (AvgIpc) is 2.61. The highest BCUT2D eigenvalue weighted by Crippen LogP contribution is 2.70. The molecule has 3 fully saturated rings. The Morgan fingerprint density at radius 3 is 2.77 bits per heavy atom. The van der Waals surface area contributed by atoms with E-state index in [0.29, 0.717) is 35.4 Å². The van der Waals surface area contributed by atoms with Gasteiger partial charge in [0.2, 0.25) is 0 Å². The second kappa shape index (κ2) is 2.15. The van der Waals surface area contributed by atoms with Gasteiger partial charge in [0.1, 0.15) is 5.78 Å². The Balaban J connectivity index is 1.85. The zero-order chi connectivity index (χ0) is 9.16. The Kier molecular flexibility index (Phi) is 1.25. The van der Waals surface area contributed by atoms with Crippen LogP contribution in [-0.2, 0) is 4.79 Å². The largest absolute Gasteiger partial charge is 0.300 e. The van der Waals surface area contributed by atoms with Crippen molar-refractivity contribution in [1.29, 1.82) is 5.26 Å². The quantitative estimate of drug-likeness (QED) is 0.607. The highest BCUT2D eigenvalue weighted by molar-refractivity contribution is 5.82. The second-order valence-electron chi connectivity index (χ2n) is 4.92. The number of hydrogen-bond acceptors (Lipinski definition) is 2. The summed E-state index contributed by atoms with van der Waals surface area (Å²) in [6.07, 6.45) is 2.31. The van der Waals surface area contributed by atoms with E-state index in [1.165, 1.54) is 6.42 Å². The molecule has 0 aromatic carbocycles. The lowest BCUT2D eigenvalue weighted by Gasteiger charge is -2.12. The molecule has 2 bridgehead atoms. The molecule has 13 heavy (non-hydrogen) atoms. The monoisotopic (exact) mass is 175 g/mol. The molecule has 0 N–H and O–H groups in total. The van der Waals surface area contributed by atoms with Gasteiger partial charge in [0.05, 0.1) is 6.07 Å². The van der Waals surface area contributed by atoms with E-state index in [-0.39, 0.29) is 5.92 Å². The van der Waals surface area contributed by atoms with E-state index >= 15 is 0 Å². The first-order valence-electron chi connectivity index (χ1n) is 5.14. The van der Waals surface area contributed by atoms with Gasteiger partial charge < -0.3 is 0 Å². The lowest BCUT2D eigenvalue weighted by atomic mass is 9.90. The number of rotatable bonds is 1. The van der Waals surface area contributed by atoms with Crippen LogP contribution in [0.15, 0.2) is 0 Å². The molecule has 68 valence electrons. The third-order valence-electron chi connectivity index (χ3n) is 4.46. The highest BCUT2D eigenvalue weighted by Gasteiger charge is 2.69. The number of carbonyl (C=O) groups is 1. The first-order chi connectivity index (χ1) is 6.24. The molecule has 0 aromatic rings. The van der Waals surface area contributed by atoms with Gasteiger partial charge in [-0.2, -0.15) is 5.26 Å². The molecule has 3 rings (SSSR count). The maximum atomic E-state index is 11.3. The van der Waals surface area contributed by atoms with Gasteiger partial charge in [-0.15, -0.1) is 0 Å². The van der Waals surface area contributed by atoms with Crippen LogP contribution in [-0.4, -0.2) is 5.78 Å². The van der Waals surface area contributed by atoms with E-state index < -0.39 is 0 Å². The van der Waals surface area contributed by atoms with Gasteiger partial charge in [-0.05, 0) is 43.4 Å². The average molecular weight is 175 g/mol. The molecule has 0 aromatic heterocycles. The number of Topliss-reactive ketones (excluding diaryl/α,β-unsaturated/α-hetero) is 1. The Bertz CT molecular complexity index is 317. The summed E-state index contributed by atoms with van der Waals surface area (Å²) in [6.45, 7) is 1.71. The molecule has 6 atom stereocenters. The third kappa shape index (κ3) is 0.757. The molecule has 2 nitrogen and oxygen atoms in total. The van der Waals surface area contributed by atoms with Gasteiger partial charge >= 0.3 is 0 Å². The van der Waals surface area contributed by atoms with Gasteiger partial charge in [0.25, 0.3) is 0 Å². The summed E-state index contributed by atoms with van der Waals surface area (Å²) in [7, 11) is 0. The molecule has 3 aliphatic carbocycles. The summed E-state index contributed by atoms with van der Waals surface area (Å²) < 4.78 is 0. The Morgan fingerprint density at radius 1 is 1.38 bits per heavy atom. The van der Waals surface area contributed by atoms with Crippen LogP contribution in [0.1, 0.15) is 19.8 Å². The molecule has 3 aliphatic rings. The van der Waals surface area contributed by atoms with Gasteiger partial charge in [-0.25, -0.2) is 0 Å². The lowest BCUT2D eigenvalue weighted by molar-refractivity contribution is -0.119. The minimum absolute atomic E-state index is 0.274. The number of fused-ring (bicyclic) bond motifs is 5. The van der Waals surface area contributed by atoms with Crippen molar-refractivity contribution in [1.82, 2.24) is 0 Å². The number of hydrogen-bond donors (Lipinski definition) is 0. The predicted octanol–water partition coefficient (Wildman–Crippen LogP) is 1.62. The van der Waals surface area contributed by atoms with Crippen molar-refractivity contribution in [2.45, 2.75) is 19.8 Å². The fourth-order valence-corrected chi connectivity index (χ4v) is 4.06. The molecule has 3 saturated carbocycles. The topological polar surface area (TPSA) is 40.9 Å². The van der Waals surface area contributed by atoms with E-state index in [4.69, 9.17) is 5.26 Å². The minimum atomic E-state index is 0.274. The lowest BCUT2D eigenvalue weighted by Crippen LogP contribution is -2.11. The number of ketones is 1. The van der Waals surface area contributed by atoms with Gasteiger partial charge in [-0.1, -0.05) is 0 Å². The van der Waals surface area contributed by atoms with Crippen molar-refractivity contribution in [3.63, 3.8) is 0 Å². The standard InChI is InChI=1S/C11H13NO/c1-5(13)9-10-6-2-7(4-12)8(3-6)11(9)10/h6-11H,2-3H2,1H3/t6-,7-,8-,9-,10-,11+/m1/s1. The van der Waals surface area contributed by atoms with Gasteiger partial charge in [0.15, 0.2) is 0 Å². The highest BCUT2D eigenvalue weighted by atomic mass is 16.1. The van der Waals surface area contributed by atoms with Crippen LogP contribution >= 0.6 is 0 Å². The molecular formula is C11H13NO. The molecular weight excluding hydrogens is 162 g/mol. The minimum Gasteiger partial charge on any atom is -0.300 e. The fraction of sp³-hybridized carbons (Fsp3) is 0.818. The van der Waals surface area contributed by atoms with Crippen molar-refractivity contribution in [3.05, 3.63) is 0 Å². The number of nitriles is 1. The summed E-state index contributed by atoms with van der Waals surface area (Å²) in [5.74, 6) is 3.58. The van der Waals surface area contributed by atoms with E-state index in [0.717, 1.165) is 6.42 Å². The Labute approximate surface area is 77.9 Å². The first-order valence-corrected chi connectivity index (χ1v) is 5.14. The van der Waals surface area contributed by atoms with Crippen molar-refractivity contribution < 1.29 is 4.79 Å². The van der Waals surface area contributed by atoms with Crippen LogP contribution < -0.4 is 0 Å². The second-order valence-corrected chi connectivity index (χ2v) is 4.92. The molecule has 0 radical (unpaired) electrons. The van der Waals surface area contributed by atoms with Gasteiger partial charge in [0, 0.05) is 11.8 Å². The molecule has 0 heterocycles. The van der Waals surface area contributed by atoms with E-state index in [2.05, 4.69) is 6.07 Å². The SMILES string of the molecule is CC(=O)[C@@H]1[C@H]2[C@H]3C[C@@H]([C@@H]12)[C@@H](C#N)C3. The van der Waals surface area contributed by atoms with E-state index in [1.54, 1.807) is 6.92 Å². The fourth-order valence-electron chi connectivity index (χ4n) is 4.06. The zero-order valence-corrected chi connectivity index (χ0v) is 7.73. The Hall–Kier alpha value is -0.840. The first kappa shape index (κ1) is 7.55. The molecule has 0 saturated heterocycles. The van der Waals surface area contributed by atoms with Crippen LogP contribution in [0.2, 0.25) is 0 Å². The smallest absolute Gasteiger partial charge is 0.133 e. The van der Waals surface area contributed by atoms with E-state index in [1.807, 2.05) is 0 Å². The van der Waals surface area contributed by atoms with Crippen molar-refractivity contribution in [3.8, 4) is 6.07 Å². The number of carbonyl (C=O) groups excluding carboxylic acids is 1. The molecule has 0 amide bonds. The Morgan fingerprint density at radius 2 is 2.15 bits per heavy atom. The predicted molar refractivity (Wildman–Crippen MR) is 46.5 cm³/mol. The maximum absolute atomic E-state index is 11.3. The molecule has 2 heteroatoms. The molecule has 0 unspecified atom stereocenters. The summed E-state index contributed by atoms with van der Waals surface area (Å²) in [4.78, 5) is 11.3. The summed E-state index contributed by atoms with van der Waals surface area (Å²) in [5.41, 5.74) is 0. The van der Waals surface area contributed by atoms with Crippen molar-refractivity contribution in [2.75, 3.05) is 0 Å². The van der Waals surface area contributed by atoms with Crippen LogP contribution in [0.3, 0.4) is 0 Å².